The molecule has 1 unspecified atom stereocenters. The minimum atomic E-state index is -3.78. The van der Waals surface area contributed by atoms with Crippen LogP contribution in [0.15, 0.2) is 42.5 Å². The van der Waals surface area contributed by atoms with Crippen LogP contribution in [0.5, 0.6) is 0 Å². The van der Waals surface area contributed by atoms with Crippen LogP contribution in [-0.4, -0.2) is 26.6 Å². The number of anilines is 2. The van der Waals surface area contributed by atoms with Crippen LogP contribution in [0.2, 0.25) is 10.0 Å². The summed E-state index contributed by atoms with van der Waals surface area (Å²) in [6.45, 7) is 1.43. The van der Waals surface area contributed by atoms with Crippen molar-refractivity contribution in [3.8, 4) is 0 Å². The van der Waals surface area contributed by atoms with Gasteiger partial charge in [0, 0.05) is 5.69 Å². The molecule has 0 saturated heterocycles. The van der Waals surface area contributed by atoms with Gasteiger partial charge in [-0.25, -0.2) is 12.8 Å². The number of amides is 1. The minimum Gasteiger partial charge on any atom is -0.324 e. The Morgan fingerprint density at radius 2 is 1.72 bits per heavy atom. The largest absolute Gasteiger partial charge is 0.324 e. The number of rotatable bonds is 5. The van der Waals surface area contributed by atoms with E-state index in [4.69, 9.17) is 23.2 Å². The number of benzene rings is 2. The second kappa shape index (κ2) is 7.59. The van der Waals surface area contributed by atoms with Crippen LogP contribution in [0.4, 0.5) is 15.8 Å². The van der Waals surface area contributed by atoms with E-state index < -0.39 is 27.8 Å². The van der Waals surface area contributed by atoms with Crippen molar-refractivity contribution >= 4 is 50.5 Å². The van der Waals surface area contributed by atoms with Crippen LogP contribution in [0.1, 0.15) is 6.92 Å². The summed E-state index contributed by atoms with van der Waals surface area (Å²) < 4.78 is 38.3. The quantitative estimate of drug-likeness (QED) is 0.820. The van der Waals surface area contributed by atoms with Crippen LogP contribution >= 0.6 is 23.2 Å². The summed E-state index contributed by atoms with van der Waals surface area (Å²) in [7, 11) is -3.78. The SMILES string of the molecule is CC(C(=O)Nc1ccc(Cl)c(Cl)c1)N(c1ccc(F)cc1)S(C)(=O)=O. The lowest BCUT2D eigenvalue weighted by atomic mass is 10.2. The zero-order valence-corrected chi connectivity index (χ0v) is 15.7. The van der Waals surface area contributed by atoms with E-state index in [2.05, 4.69) is 5.32 Å². The zero-order valence-electron chi connectivity index (χ0n) is 13.3. The fourth-order valence-corrected chi connectivity index (χ4v) is 3.69. The number of nitrogens with one attached hydrogen (secondary N) is 1. The average molecular weight is 405 g/mol. The summed E-state index contributed by atoms with van der Waals surface area (Å²) >= 11 is 11.7. The van der Waals surface area contributed by atoms with Gasteiger partial charge in [-0.2, -0.15) is 0 Å². The third kappa shape index (κ3) is 4.84. The van der Waals surface area contributed by atoms with Crippen molar-refractivity contribution in [2.75, 3.05) is 15.9 Å². The molecule has 0 radical (unpaired) electrons. The van der Waals surface area contributed by atoms with Gasteiger partial charge in [0.25, 0.3) is 0 Å². The fraction of sp³-hybridized carbons (Fsp3) is 0.188. The molecule has 25 heavy (non-hydrogen) atoms. The zero-order chi connectivity index (χ0) is 18.8. The predicted octanol–water partition coefficient (Wildman–Crippen LogP) is 3.93. The first-order chi connectivity index (χ1) is 11.6. The number of sulfonamides is 1. The van der Waals surface area contributed by atoms with Gasteiger partial charge in [0.2, 0.25) is 15.9 Å². The summed E-state index contributed by atoms with van der Waals surface area (Å²) in [6, 6.07) is 8.26. The number of nitrogens with zero attached hydrogens (tertiary/aromatic N) is 1. The molecule has 0 aliphatic heterocycles. The lowest BCUT2D eigenvalue weighted by Gasteiger charge is -2.28. The topological polar surface area (TPSA) is 66.5 Å². The Balaban J connectivity index is 2.29. The molecule has 0 aromatic heterocycles. The predicted molar refractivity (Wildman–Crippen MR) is 98.3 cm³/mol. The maximum absolute atomic E-state index is 13.1. The van der Waals surface area contributed by atoms with Crippen LogP contribution in [0.25, 0.3) is 0 Å². The molecular weight excluding hydrogens is 390 g/mol. The molecule has 0 heterocycles. The van der Waals surface area contributed by atoms with E-state index >= 15 is 0 Å². The molecule has 9 heteroatoms. The number of halogens is 3. The molecule has 134 valence electrons. The van der Waals surface area contributed by atoms with Gasteiger partial charge in [-0.3, -0.25) is 9.10 Å². The van der Waals surface area contributed by atoms with Crippen molar-refractivity contribution < 1.29 is 17.6 Å². The van der Waals surface area contributed by atoms with Gasteiger partial charge in [-0.1, -0.05) is 23.2 Å². The highest BCUT2D eigenvalue weighted by atomic mass is 35.5. The molecule has 5 nitrogen and oxygen atoms in total. The monoisotopic (exact) mass is 404 g/mol. The van der Waals surface area contributed by atoms with Gasteiger partial charge >= 0.3 is 0 Å². The van der Waals surface area contributed by atoms with Crippen LogP contribution < -0.4 is 9.62 Å². The van der Waals surface area contributed by atoms with E-state index in [0.717, 1.165) is 22.7 Å². The highest BCUT2D eigenvalue weighted by Crippen LogP contribution is 2.26. The molecule has 1 amide bonds. The van der Waals surface area contributed by atoms with E-state index in [9.17, 15) is 17.6 Å². The molecule has 0 spiro atoms. The molecule has 1 N–H and O–H groups in total. The average Bonchev–Trinajstić information content (AvgIpc) is 2.51. The smallest absolute Gasteiger partial charge is 0.247 e. The Morgan fingerprint density at radius 1 is 1.12 bits per heavy atom. The van der Waals surface area contributed by atoms with Crippen molar-refractivity contribution in [3.63, 3.8) is 0 Å². The molecule has 0 saturated carbocycles. The van der Waals surface area contributed by atoms with Crippen molar-refractivity contribution in [2.24, 2.45) is 0 Å². The Labute approximate surface area is 155 Å². The summed E-state index contributed by atoms with van der Waals surface area (Å²) in [5.41, 5.74) is 0.555. The van der Waals surface area contributed by atoms with Crippen LogP contribution in [0, 0.1) is 5.82 Å². The van der Waals surface area contributed by atoms with Gasteiger partial charge in [-0.15, -0.1) is 0 Å². The van der Waals surface area contributed by atoms with E-state index in [1.165, 1.54) is 31.2 Å². The summed E-state index contributed by atoms with van der Waals surface area (Å²) in [6.07, 6.45) is 0.972. The standard InChI is InChI=1S/C16H15Cl2FN2O3S/c1-10(16(22)20-12-5-8-14(17)15(18)9-12)21(25(2,23)24)13-6-3-11(19)4-7-13/h3-10H,1-2H3,(H,20,22). The molecule has 2 aromatic carbocycles. The maximum atomic E-state index is 13.1. The van der Waals surface area contributed by atoms with Crippen LogP contribution in [-0.2, 0) is 14.8 Å². The number of hydrogen-bond acceptors (Lipinski definition) is 3. The van der Waals surface area contributed by atoms with Crippen molar-refractivity contribution in [2.45, 2.75) is 13.0 Å². The van der Waals surface area contributed by atoms with Crippen molar-refractivity contribution in [3.05, 3.63) is 58.3 Å². The van der Waals surface area contributed by atoms with E-state index in [1.807, 2.05) is 0 Å². The number of hydrogen-bond donors (Lipinski definition) is 1. The number of carbonyl (C=O) groups is 1. The molecular formula is C16H15Cl2FN2O3S. The Hall–Kier alpha value is -1.83. The molecule has 1 atom stereocenters. The second-order valence-electron chi connectivity index (χ2n) is 5.33. The first-order valence-electron chi connectivity index (χ1n) is 7.10. The van der Waals surface area contributed by atoms with E-state index in [0.29, 0.717) is 10.7 Å². The molecule has 0 aliphatic carbocycles. The van der Waals surface area contributed by atoms with Gasteiger partial charge in [0.15, 0.2) is 0 Å². The third-order valence-corrected chi connectivity index (χ3v) is 5.34. The Bertz CT molecular complexity index is 889. The first kappa shape index (κ1) is 19.5. The highest BCUT2D eigenvalue weighted by Gasteiger charge is 2.29. The third-order valence-electron chi connectivity index (χ3n) is 3.36. The van der Waals surface area contributed by atoms with Gasteiger partial charge in [0.05, 0.1) is 22.0 Å². The lowest BCUT2D eigenvalue weighted by Crippen LogP contribution is -2.45. The highest BCUT2D eigenvalue weighted by molar-refractivity contribution is 7.92. The van der Waals surface area contributed by atoms with Crippen molar-refractivity contribution in [1.82, 2.24) is 0 Å². The lowest BCUT2D eigenvalue weighted by molar-refractivity contribution is -0.116. The number of carbonyl (C=O) groups excluding carboxylic acids is 1. The van der Waals surface area contributed by atoms with Gasteiger partial charge in [-0.05, 0) is 49.4 Å². The summed E-state index contributed by atoms with van der Waals surface area (Å²) in [5, 5.41) is 3.17. The molecule has 0 aliphatic rings. The van der Waals surface area contributed by atoms with Crippen LogP contribution in [0.3, 0.4) is 0 Å². The normalized spacial score (nSPS) is 12.5. The minimum absolute atomic E-state index is 0.181. The molecule has 0 fully saturated rings. The Morgan fingerprint density at radius 3 is 2.24 bits per heavy atom. The second-order valence-corrected chi connectivity index (χ2v) is 8.00. The van der Waals surface area contributed by atoms with E-state index in [1.54, 1.807) is 6.07 Å². The summed E-state index contributed by atoms with van der Waals surface area (Å²) in [5.74, 6) is -1.08. The fourth-order valence-electron chi connectivity index (χ4n) is 2.22. The molecule has 2 rings (SSSR count). The molecule has 0 bridgehead atoms. The molecule has 2 aromatic rings. The van der Waals surface area contributed by atoms with E-state index in [-0.39, 0.29) is 10.7 Å². The summed E-state index contributed by atoms with van der Waals surface area (Å²) in [4.78, 5) is 12.5. The van der Waals surface area contributed by atoms with Crippen molar-refractivity contribution in [1.29, 1.82) is 0 Å². The maximum Gasteiger partial charge on any atom is 0.247 e. The Kier molecular flexibility index (Phi) is 5.92. The first-order valence-corrected chi connectivity index (χ1v) is 9.71. The van der Waals surface area contributed by atoms with Gasteiger partial charge in [0.1, 0.15) is 11.9 Å². The van der Waals surface area contributed by atoms with Gasteiger partial charge < -0.3 is 5.32 Å².